The van der Waals surface area contributed by atoms with Crippen molar-refractivity contribution in [3.05, 3.63) is 42.2 Å². The number of ether oxygens (including phenoxy) is 2. The number of nitrogens with zero attached hydrogens (tertiary/aromatic N) is 1. The fourth-order valence-electron chi connectivity index (χ4n) is 2.16. The number of rotatable bonds is 8. The first-order chi connectivity index (χ1) is 12.4. The fourth-order valence-corrected chi connectivity index (χ4v) is 3.38. The summed E-state index contributed by atoms with van der Waals surface area (Å²) in [5, 5.41) is 2.71. The van der Waals surface area contributed by atoms with Crippen molar-refractivity contribution in [1.82, 2.24) is 10.3 Å². The van der Waals surface area contributed by atoms with Crippen LogP contribution in [0.25, 0.3) is 0 Å². The second kappa shape index (κ2) is 8.52. The molecule has 0 fully saturated rings. The zero-order valence-corrected chi connectivity index (χ0v) is 15.6. The Hall–Kier alpha value is -2.81. The van der Waals surface area contributed by atoms with Crippen molar-refractivity contribution in [3.8, 4) is 11.5 Å². The van der Waals surface area contributed by atoms with E-state index >= 15 is 0 Å². The maximum absolute atomic E-state index is 12.7. The maximum atomic E-state index is 12.7. The van der Waals surface area contributed by atoms with E-state index in [-0.39, 0.29) is 27.8 Å². The van der Waals surface area contributed by atoms with Crippen LogP contribution in [0.15, 0.2) is 41.6 Å². The molecule has 0 saturated carbocycles. The monoisotopic (exact) mass is 379 g/mol. The number of methoxy groups -OCH3 is 2. The van der Waals surface area contributed by atoms with Crippen molar-refractivity contribution in [2.45, 2.75) is 18.2 Å². The highest BCUT2D eigenvalue weighted by atomic mass is 32.2. The van der Waals surface area contributed by atoms with E-state index < -0.39 is 10.0 Å². The molecule has 26 heavy (non-hydrogen) atoms. The van der Waals surface area contributed by atoms with Gasteiger partial charge in [-0.3, -0.25) is 14.5 Å². The summed E-state index contributed by atoms with van der Waals surface area (Å²) in [5.74, 6) is 0.222. The van der Waals surface area contributed by atoms with E-state index in [1.807, 2.05) is 6.92 Å². The van der Waals surface area contributed by atoms with Gasteiger partial charge in [-0.1, -0.05) is 6.92 Å². The van der Waals surface area contributed by atoms with Gasteiger partial charge in [-0.2, -0.15) is 0 Å². The lowest BCUT2D eigenvalue weighted by Gasteiger charge is -2.13. The number of carbonyl (C=O) groups is 1. The first-order valence-corrected chi connectivity index (χ1v) is 9.37. The minimum atomic E-state index is -3.97. The van der Waals surface area contributed by atoms with E-state index in [1.165, 1.54) is 44.8 Å². The van der Waals surface area contributed by atoms with Crippen molar-refractivity contribution < 1.29 is 22.7 Å². The van der Waals surface area contributed by atoms with Crippen LogP contribution in [0.2, 0.25) is 0 Å². The van der Waals surface area contributed by atoms with Crippen LogP contribution >= 0.6 is 0 Å². The number of aromatic nitrogens is 1. The number of amides is 1. The van der Waals surface area contributed by atoms with Crippen LogP contribution in [-0.4, -0.2) is 40.1 Å². The van der Waals surface area contributed by atoms with Gasteiger partial charge in [0.2, 0.25) is 0 Å². The molecule has 9 heteroatoms. The largest absolute Gasteiger partial charge is 0.497 e. The highest BCUT2D eigenvalue weighted by molar-refractivity contribution is 7.92. The van der Waals surface area contributed by atoms with E-state index in [4.69, 9.17) is 9.47 Å². The molecule has 2 aromatic rings. The Morgan fingerprint density at radius 3 is 2.58 bits per heavy atom. The maximum Gasteiger partial charge on any atom is 0.265 e. The molecule has 0 unspecified atom stereocenters. The molecule has 0 atom stereocenters. The zero-order chi connectivity index (χ0) is 19.2. The number of sulfonamides is 1. The smallest absolute Gasteiger partial charge is 0.265 e. The van der Waals surface area contributed by atoms with Crippen LogP contribution < -0.4 is 19.5 Å². The van der Waals surface area contributed by atoms with Gasteiger partial charge < -0.3 is 14.8 Å². The number of nitrogens with one attached hydrogen (secondary N) is 2. The van der Waals surface area contributed by atoms with Gasteiger partial charge in [-0.15, -0.1) is 0 Å². The Morgan fingerprint density at radius 1 is 1.15 bits per heavy atom. The van der Waals surface area contributed by atoms with E-state index in [1.54, 1.807) is 6.07 Å². The number of anilines is 1. The van der Waals surface area contributed by atoms with Crippen molar-refractivity contribution in [1.29, 1.82) is 0 Å². The molecule has 1 amide bonds. The average molecular weight is 379 g/mol. The summed E-state index contributed by atoms with van der Waals surface area (Å²) in [4.78, 5) is 15.9. The predicted octanol–water partition coefficient (Wildman–Crippen LogP) is 2.04. The number of pyridine rings is 1. The third-order valence-electron chi connectivity index (χ3n) is 3.45. The van der Waals surface area contributed by atoms with Crippen LogP contribution in [0, 0.1) is 0 Å². The van der Waals surface area contributed by atoms with Crippen LogP contribution in [-0.2, 0) is 10.0 Å². The summed E-state index contributed by atoms with van der Waals surface area (Å²) in [6.45, 7) is 2.46. The Kier molecular flexibility index (Phi) is 6.40. The summed E-state index contributed by atoms with van der Waals surface area (Å²) >= 11 is 0. The third-order valence-corrected chi connectivity index (χ3v) is 4.85. The predicted molar refractivity (Wildman–Crippen MR) is 97.2 cm³/mol. The lowest BCUT2D eigenvalue weighted by Crippen LogP contribution is -2.24. The van der Waals surface area contributed by atoms with Crippen molar-refractivity contribution in [2.75, 3.05) is 25.5 Å². The molecule has 0 aliphatic carbocycles. The van der Waals surface area contributed by atoms with E-state index in [2.05, 4.69) is 15.0 Å². The molecule has 0 saturated heterocycles. The molecule has 0 radical (unpaired) electrons. The Bertz CT molecular complexity index is 884. The van der Waals surface area contributed by atoms with E-state index in [0.29, 0.717) is 12.3 Å². The summed E-state index contributed by atoms with van der Waals surface area (Å²) in [6, 6.07) is 5.87. The first kappa shape index (κ1) is 19.5. The van der Waals surface area contributed by atoms with Crippen LogP contribution in [0.5, 0.6) is 11.5 Å². The van der Waals surface area contributed by atoms with Gasteiger partial charge in [0.15, 0.2) is 0 Å². The summed E-state index contributed by atoms with van der Waals surface area (Å²) in [5.41, 5.74) is 0.426. The number of hydrogen-bond donors (Lipinski definition) is 2. The molecule has 0 aliphatic rings. The Morgan fingerprint density at radius 2 is 1.92 bits per heavy atom. The van der Waals surface area contributed by atoms with Gasteiger partial charge in [0.25, 0.3) is 15.9 Å². The highest BCUT2D eigenvalue weighted by Gasteiger charge is 2.21. The summed E-state index contributed by atoms with van der Waals surface area (Å²) < 4.78 is 38.1. The minimum Gasteiger partial charge on any atom is -0.497 e. The second-order valence-corrected chi connectivity index (χ2v) is 6.99. The van der Waals surface area contributed by atoms with Crippen LogP contribution in [0.1, 0.15) is 23.7 Å². The molecule has 2 rings (SSSR count). The quantitative estimate of drug-likeness (QED) is 0.727. The molecule has 1 aromatic heterocycles. The molecule has 2 N–H and O–H groups in total. The third kappa shape index (κ3) is 4.63. The van der Waals surface area contributed by atoms with Crippen molar-refractivity contribution in [3.63, 3.8) is 0 Å². The summed E-state index contributed by atoms with van der Waals surface area (Å²) in [7, 11) is -1.16. The number of carbonyl (C=O) groups excluding carboxylic acids is 1. The molecule has 1 heterocycles. The minimum absolute atomic E-state index is 0.0832. The average Bonchev–Trinajstić information content (AvgIpc) is 2.65. The van der Waals surface area contributed by atoms with E-state index in [9.17, 15) is 13.2 Å². The molecular weight excluding hydrogens is 358 g/mol. The lowest BCUT2D eigenvalue weighted by atomic mass is 10.2. The highest BCUT2D eigenvalue weighted by Crippen LogP contribution is 2.29. The number of hydrogen-bond acceptors (Lipinski definition) is 6. The van der Waals surface area contributed by atoms with Crippen molar-refractivity contribution in [2.24, 2.45) is 0 Å². The van der Waals surface area contributed by atoms with Gasteiger partial charge in [-0.05, 0) is 24.6 Å². The molecule has 1 aromatic carbocycles. The van der Waals surface area contributed by atoms with Gasteiger partial charge in [0.05, 0.1) is 31.7 Å². The van der Waals surface area contributed by atoms with Gasteiger partial charge in [0, 0.05) is 18.8 Å². The fraction of sp³-hybridized carbons (Fsp3) is 0.294. The molecule has 140 valence electrons. The van der Waals surface area contributed by atoms with Gasteiger partial charge in [0.1, 0.15) is 16.4 Å². The van der Waals surface area contributed by atoms with Crippen molar-refractivity contribution >= 4 is 21.6 Å². The number of benzene rings is 1. The normalized spacial score (nSPS) is 10.9. The molecule has 0 bridgehead atoms. The molecule has 8 nitrogen and oxygen atoms in total. The molecular formula is C17H21N3O5S. The SMILES string of the molecule is CCCNC(=O)c1cncc(NS(=O)(=O)c2cc(OC)ccc2OC)c1. The Labute approximate surface area is 152 Å². The zero-order valence-electron chi connectivity index (χ0n) is 14.8. The topological polar surface area (TPSA) is 107 Å². The molecule has 0 spiro atoms. The summed E-state index contributed by atoms with van der Waals surface area (Å²) in [6.07, 6.45) is 3.48. The van der Waals surface area contributed by atoms with Gasteiger partial charge >= 0.3 is 0 Å². The lowest BCUT2D eigenvalue weighted by molar-refractivity contribution is 0.0953. The standard InChI is InChI=1S/C17H21N3O5S/c1-4-7-19-17(21)12-8-13(11-18-10-12)20-26(22,23)16-9-14(24-2)5-6-15(16)25-3/h5-6,8-11,20H,4,7H2,1-3H3,(H,19,21). The van der Waals surface area contributed by atoms with Crippen LogP contribution in [0.3, 0.4) is 0 Å². The first-order valence-electron chi connectivity index (χ1n) is 7.89. The van der Waals surface area contributed by atoms with Gasteiger partial charge in [-0.25, -0.2) is 8.42 Å². The second-order valence-electron chi connectivity index (χ2n) is 5.34. The Balaban J connectivity index is 2.31. The van der Waals surface area contributed by atoms with Crippen LogP contribution in [0.4, 0.5) is 5.69 Å². The van der Waals surface area contributed by atoms with E-state index in [0.717, 1.165) is 6.42 Å². The molecule has 0 aliphatic heterocycles.